The molecular formula is C15H15ClN2. The van der Waals surface area contributed by atoms with Crippen molar-refractivity contribution in [3.05, 3.63) is 64.7 Å². The molecule has 0 aromatic heterocycles. The van der Waals surface area contributed by atoms with Gasteiger partial charge in [0.15, 0.2) is 0 Å². The third kappa shape index (κ3) is 2.09. The Morgan fingerprint density at radius 3 is 2.72 bits per heavy atom. The van der Waals surface area contributed by atoms with Crippen LogP contribution in [0.15, 0.2) is 48.5 Å². The van der Waals surface area contributed by atoms with Crippen LogP contribution in [0.2, 0.25) is 5.02 Å². The van der Waals surface area contributed by atoms with E-state index in [-0.39, 0.29) is 6.04 Å². The van der Waals surface area contributed by atoms with E-state index in [0.29, 0.717) is 0 Å². The van der Waals surface area contributed by atoms with Crippen LogP contribution >= 0.6 is 11.6 Å². The molecule has 0 bridgehead atoms. The van der Waals surface area contributed by atoms with E-state index in [0.717, 1.165) is 23.7 Å². The van der Waals surface area contributed by atoms with E-state index in [9.17, 15) is 0 Å². The predicted molar refractivity (Wildman–Crippen MR) is 75.9 cm³/mol. The van der Waals surface area contributed by atoms with Crippen LogP contribution in [0.4, 0.5) is 5.69 Å². The van der Waals surface area contributed by atoms with E-state index >= 15 is 0 Å². The highest BCUT2D eigenvalue weighted by Gasteiger charge is 2.25. The summed E-state index contributed by atoms with van der Waals surface area (Å²) in [5, 5.41) is 0.755. The Morgan fingerprint density at radius 2 is 1.94 bits per heavy atom. The summed E-state index contributed by atoms with van der Waals surface area (Å²) >= 11 is 6.02. The summed E-state index contributed by atoms with van der Waals surface area (Å²) in [4.78, 5) is 2.31. The maximum atomic E-state index is 6.16. The number of fused-ring (bicyclic) bond motifs is 1. The fourth-order valence-electron chi connectivity index (χ4n) is 2.50. The zero-order valence-electron chi connectivity index (χ0n) is 10.0. The zero-order valence-corrected chi connectivity index (χ0v) is 10.8. The topological polar surface area (TPSA) is 29.3 Å². The molecule has 0 unspecified atom stereocenters. The lowest BCUT2D eigenvalue weighted by Gasteiger charge is -2.19. The summed E-state index contributed by atoms with van der Waals surface area (Å²) in [6.07, 6.45) is 0. The van der Waals surface area contributed by atoms with Crippen molar-refractivity contribution in [2.75, 3.05) is 11.4 Å². The smallest absolute Gasteiger partial charge is 0.0494 e. The Bertz CT molecular complexity index is 554. The lowest BCUT2D eigenvalue weighted by molar-refractivity contribution is 0.720. The van der Waals surface area contributed by atoms with Gasteiger partial charge >= 0.3 is 0 Å². The second-order valence-corrected chi connectivity index (χ2v) is 5.11. The van der Waals surface area contributed by atoms with Crippen LogP contribution in [-0.4, -0.2) is 6.54 Å². The van der Waals surface area contributed by atoms with Crippen molar-refractivity contribution in [1.82, 2.24) is 0 Å². The Labute approximate surface area is 112 Å². The van der Waals surface area contributed by atoms with Crippen LogP contribution in [-0.2, 0) is 6.54 Å². The number of benzene rings is 2. The van der Waals surface area contributed by atoms with Crippen LogP contribution in [0.1, 0.15) is 17.2 Å². The maximum absolute atomic E-state index is 6.16. The van der Waals surface area contributed by atoms with E-state index < -0.39 is 0 Å². The Morgan fingerprint density at radius 1 is 1.17 bits per heavy atom. The molecule has 0 fully saturated rings. The van der Waals surface area contributed by atoms with E-state index in [1.165, 1.54) is 11.3 Å². The molecule has 3 heteroatoms. The largest absolute Gasteiger partial charge is 0.365 e. The van der Waals surface area contributed by atoms with Crippen molar-refractivity contribution in [1.29, 1.82) is 0 Å². The highest BCUT2D eigenvalue weighted by molar-refractivity contribution is 6.30. The molecule has 1 atom stereocenters. The molecule has 3 rings (SSSR count). The minimum atomic E-state index is 0.0578. The molecule has 1 aliphatic heterocycles. The number of rotatable bonds is 2. The number of hydrogen-bond acceptors (Lipinski definition) is 2. The molecule has 1 heterocycles. The molecule has 0 radical (unpaired) electrons. The maximum Gasteiger partial charge on any atom is 0.0494 e. The molecule has 0 amide bonds. The van der Waals surface area contributed by atoms with Gasteiger partial charge in [0.2, 0.25) is 0 Å². The average Bonchev–Trinajstić information content (AvgIpc) is 2.67. The quantitative estimate of drug-likeness (QED) is 0.895. The fraction of sp³-hybridized carbons (Fsp3) is 0.200. The van der Waals surface area contributed by atoms with Crippen LogP contribution in [0.25, 0.3) is 0 Å². The Hall–Kier alpha value is -1.51. The molecule has 0 aliphatic carbocycles. The van der Waals surface area contributed by atoms with Gasteiger partial charge in [0.1, 0.15) is 0 Å². The standard InChI is InChI=1S/C15H15ClN2/c16-12-6-7-15-13(8-12)14(17)10-18(15)9-11-4-2-1-3-5-11/h1-8,14H,9-10,17H2/t14-/m1/s1. The van der Waals surface area contributed by atoms with Crippen LogP contribution in [0, 0.1) is 0 Å². The number of hydrogen-bond donors (Lipinski definition) is 1. The molecule has 2 nitrogen and oxygen atoms in total. The van der Waals surface area contributed by atoms with Gasteiger partial charge in [0, 0.05) is 29.8 Å². The van der Waals surface area contributed by atoms with Crippen molar-refractivity contribution < 1.29 is 0 Å². The van der Waals surface area contributed by atoms with Crippen LogP contribution in [0.5, 0.6) is 0 Å². The number of nitrogens with zero attached hydrogens (tertiary/aromatic N) is 1. The first-order valence-corrected chi connectivity index (χ1v) is 6.46. The van der Waals surface area contributed by atoms with Crippen molar-refractivity contribution in [2.45, 2.75) is 12.6 Å². The molecule has 0 spiro atoms. The molecule has 2 N–H and O–H groups in total. The van der Waals surface area contributed by atoms with Gasteiger partial charge < -0.3 is 10.6 Å². The van der Waals surface area contributed by atoms with Gasteiger partial charge in [-0.25, -0.2) is 0 Å². The molecule has 1 aliphatic rings. The first-order chi connectivity index (χ1) is 8.74. The predicted octanol–water partition coefficient (Wildman–Crippen LogP) is 3.36. The van der Waals surface area contributed by atoms with Gasteiger partial charge in [-0.15, -0.1) is 0 Å². The minimum absolute atomic E-state index is 0.0578. The fourth-order valence-corrected chi connectivity index (χ4v) is 2.68. The molecule has 92 valence electrons. The van der Waals surface area contributed by atoms with Gasteiger partial charge in [0.05, 0.1) is 0 Å². The lowest BCUT2D eigenvalue weighted by atomic mass is 10.1. The summed E-state index contributed by atoms with van der Waals surface area (Å²) in [6.45, 7) is 1.74. The Balaban J connectivity index is 1.89. The molecule has 0 saturated heterocycles. The van der Waals surface area contributed by atoms with Crippen LogP contribution < -0.4 is 10.6 Å². The number of halogens is 1. The third-order valence-corrected chi connectivity index (χ3v) is 3.60. The monoisotopic (exact) mass is 258 g/mol. The van der Waals surface area contributed by atoms with Crippen molar-refractivity contribution in [2.24, 2.45) is 5.73 Å². The van der Waals surface area contributed by atoms with Gasteiger partial charge in [0.25, 0.3) is 0 Å². The molecule has 0 saturated carbocycles. The summed E-state index contributed by atoms with van der Waals surface area (Å²) in [5.41, 5.74) is 9.81. The number of nitrogens with two attached hydrogens (primary N) is 1. The summed E-state index contributed by atoms with van der Waals surface area (Å²) < 4.78 is 0. The normalized spacial score (nSPS) is 17.9. The van der Waals surface area contributed by atoms with Crippen molar-refractivity contribution >= 4 is 17.3 Å². The summed E-state index contributed by atoms with van der Waals surface area (Å²) in [7, 11) is 0. The summed E-state index contributed by atoms with van der Waals surface area (Å²) in [6, 6.07) is 16.5. The molecule has 2 aromatic rings. The third-order valence-electron chi connectivity index (χ3n) is 3.36. The average molecular weight is 259 g/mol. The Kier molecular flexibility index (Phi) is 2.98. The first-order valence-electron chi connectivity index (χ1n) is 6.08. The minimum Gasteiger partial charge on any atom is -0.365 e. The summed E-state index contributed by atoms with van der Waals surface area (Å²) in [5.74, 6) is 0. The van der Waals surface area contributed by atoms with Gasteiger partial charge in [-0.2, -0.15) is 0 Å². The number of anilines is 1. The highest BCUT2D eigenvalue weighted by atomic mass is 35.5. The molecule has 2 aromatic carbocycles. The van der Waals surface area contributed by atoms with Gasteiger partial charge in [-0.3, -0.25) is 0 Å². The van der Waals surface area contributed by atoms with Crippen molar-refractivity contribution in [3.63, 3.8) is 0 Å². The van der Waals surface area contributed by atoms with E-state index in [4.69, 9.17) is 17.3 Å². The van der Waals surface area contributed by atoms with Gasteiger partial charge in [-0.1, -0.05) is 41.9 Å². The molecular weight excluding hydrogens is 244 g/mol. The van der Waals surface area contributed by atoms with Gasteiger partial charge in [-0.05, 0) is 29.3 Å². The molecule has 18 heavy (non-hydrogen) atoms. The lowest BCUT2D eigenvalue weighted by Crippen LogP contribution is -2.23. The van der Waals surface area contributed by atoms with E-state index in [1.807, 2.05) is 18.2 Å². The van der Waals surface area contributed by atoms with E-state index in [1.54, 1.807) is 0 Å². The second-order valence-electron chi connectivity index (χ2n) is 4.68. The van der Waals surface area contributed by atoms with Crippen molar-refractivity contribution in [3.8, 4) is 0 Å². The van der Waals surface area contributed by atoms with Crippen LogP contribution in [0.3, 0.4) is 0 Å². The highest BCUT2D eigenvalue weighted by Crippen LogP contribution is 2.36. The first kappa shape index (κ1) is 11.6. The zero-order chi connectivity index (χ0) is 12.5. The SMILES string of the molecule is N[C@@H]1CN(Cc2ccccc2)c2ccc(Cl)cc21. The second kappa shape index (κ2) is 4.63. The van der Waals surface area contributed by atoms with E-state index in [2.05, 4.69) is 35.2 Å².